The van der Waals surface area contributed by atoms with Gasteiger partial charge < -0.3 is 37.2 Å². The van der Waals surface area contributed by atoms with E-state index in [1.165, 1.54) is 6.92 Å². The number of carbonyl (C=O) groups excluding carboxylic acids is 1. The van der Waals surface area contributed by atoms with E-state index < -0.39 is 5.97 Å². The van der Waals surface area contributed by atoms with E-state index in [1.807, 2.05) is 6.07 Å². The number of halogens is 2. The largest absolute Gasteiger partial charge is 0.793 e. The first-order chi connectivity index (χ1) is 13.0. The van der Waals surface area contributed by atoms with Crippen molar-refractivity contribution in [2.24, 2.45) is 0 Å². The number of ether oxygens (including phenoxy) is 1. The Morgan fingerprint density at radius 2 is 2.00 bits per heavy atom. The zero-order valence-electron chi connectivity index (χ0n) is 14.6. The van der Waals surface area contributed by atoms with Crippen molar-refractivity contribution in [3.05, 3.63) is 29.5 Å². The Hall–Kier alpha value is -1.94. The Labute approximate surface area is 174 Å². The summed E-state index contributed by atoms with van der Waals surface area (Å²) in [5, 5.41) is 0.544. The van der Waals surface area contributed by atoms with Gasteiger partial charge in [-0.3, -0.25) is 4.79 Å². The second-order valence-corrected chi connectivity index (χ2v) is 8.59. The Balaban J connectivity index is 1.61. The number of carbonyl (C=O) groups is 1. The van der Waals surface area contributed by atoms with Crippen molar-refractivity contribution in [1.82, 2.24) is 19.9 Å². The van der Waals surface area contributed by atoms with Crippen LogP contribution in [0.5, 0.6) is 6.01 Å². The van der Waals surface area contributed by atoms with Crippen LogP contribution in [0, 0.1) is 0 Å². The predicted octanol–water partition coefficient (Wildman–Crippen LogP) is 0.121. The van der Waals surface area contributed by atoms with E-state index in [2.05, 4.69) is 47.4 Å². The van der Waals surface area contributed by atoms with Gasteiger partial charge >= 0.3 is 12.0 Å². The average Bonchev–Trinajstić information content (AvgIpc) is 3.02. The van der Waals surface area contributed by atoms with Crippen LogP contribution in [0.3, 0.4) is 0 Å². The third-order valence-electron chi connectivity index (χ3n) is 4.45. The highest BCUT2D eigenvalue weighted by molar-refractivity contribution is 6.34. The van der Waals surface area contributed by atoms with Crippen LogP contribution in [0.25, 0.3) is 22.2 Å². The van der Waals surface area contributed by atoms with E-state index in [1.54, 1.807) is 18.5 Å². The second kappa shape index (κ2) is 7.59. The molecule has 3 heterocycles. The van der Waals surface area contributed by atoms with Crippen LogP contribution < -0.4 is 32.2 Å². The molecule has 27 heavy (non-hydrogen) atoms. The minimum absolute atomic E-state index is 0.149. The number of fused-ring (bicyclic) bond motifs is 1. The molecule has 0 spiro atoms. The van der Waals surface area contributed by atoms with Crippen molar-refractivity contribution >= 4 is 34.6 Å². The van der Waals surface area contributed by atoms with E-state index >= 15 is 0 Å². The van der Waals surface area contributed by atoms with Gasteiger partial charge in [0.2, 0.25) is 5.95 Å². The minimum atomic E-state index is -0.434. The predicted molar refractivity (Wildman–Crippen MR) is 98.7 cm³/mol. The highest BCUT2D eigenvalue weighted by atomic mass is 127. The van der Waals surface area contributed by atoms with E-state index in [9.17, 15) is 4.79 Å². The van der Waals surface area contributed by atoms with Gasteiger partial charge in [0.25, 0.3) is 0 Å². The maximum absolute atomic E-state index is 11.1. The van der Waals surface area contributed by atoms with Crippen molar-refractivity contribution in [3.8, 4) is 17.1 Å². The third-order valence-corrected chi connectivity index (χ3v) is 6.00. The number of hydrogen-bond acceptors (Lipinski definition) is 6. The first-order valence-corrected chi connectivity index (χ1v) is 10.2. The Morgan fingerprint density at radius 1 is 1.30 bits per heavy atom. The van der Waals surface area contributed by atoms with Crippen LogP contribution in [0.4, 0.5) is 5.95 Å². The summed E-state index contributed by atoms with van der Waals surface area (Å²) in [4.78, 5) is 29.6. The molecule has 1 radical (unpaired) electrons. The monoisotopic (exact) mass is 497 g/mol. The lowest BCUT2D eigenvalue weighted by molar-refractivity contribution is -0.423. The van der Waals surface area contributed by atoms with Crippen LogP contribution in [0.2, 0.25) is 5.02 Å². The molecule has 1 N–H and O–H groups in total. The van der Waals surface area contributed by atoms with Gasteiger partial charge in [-0.2, -0.15) is 8.91 Å². The van der Waals surface area contributed by atoms with Crippen molar-refractivity contribution in [2.45, 2.75) is 23.7 Å². The maximum Gasteiger partial charge on any atom is 0.310 e. The molecular weight excluding hydrogens is 481 g/mol. The van der Waals surface area contributed by atoms with Gasteiger partial charge in [0.05, 0.1) is 16.1 Å². The molecule has 141 valence electrons. The summed E-state index contributed by atoms with van der Waals surface area (Å²) in [6, 6.07) is 3.74. The maximum atomic E-state index is 11.1. The number of benzene rings is 1. The Morgan fingerprint density at radius 3 is 2.67 bits per heavy atom. The van der Waals surface area contributed by atoms with Gasteiger partial charge in [0.1, 0.15) is 0 Å². The number of esters is 1. The summed E-state index contributed by atoms with van der Waals surface area (Å²) in [6.45, 7) is 3.28. The average molecular weight is 498 g/mol. The molecule has 1 aliphatic heterocycles. The van der Waals surface area contributed by atoms with E-state index in [0.29, 0.717) is 16.1 Å². The standard InChI is InChI=1S/C18H17ClIN5O2/c1-10(26)27-18-23-15-6-13(14(19)7-16(15)24-18)11-8-21-17(22-9-11)25-4-2-12(20)3-5-25/h6-9,12H,2-5H2,1H3,(H,23,24)/q-1. The molecule has 1 aromatic carbocycles. The molecule has 0 aliphatic carbocycles. The number of alkyl halides is 1. The summed E-state index contributed by atoms with van der Waals surface area (Å²) in [7, 11) is 0. The number of anilines is 1. The molecule has 1 aliphatic rings. The number of aromatic amines is 1. The van der Waals surface area contributed by atoms with Crippen LogP contribution in [-0.4, -0.2) is 42.9 Å². The SMILES string of the molecule is CC(=O)Oc1nc2cc(-c3cnc(N4CCC([I-])CC4)nc3)c(Cl)cc2[nH]1. The topological polar surface area (TPSA) is 84.0 Å². The molecule has 0 bridgehead atoms. The quantitative estimate of drug-likeness (QED) is 0.314. The fourth-order valence-corrected chi connectivity index (χ4v) is 3.91. The van der Waals surface area contributed by atoms with Crippen LogP contribution in [0.15, 0.2) is 24.5 Å². The van der Waals surface area contributed by atoms with Crippen molar-refractivity contribution < 1.29 is 32.1 Å². The van der Waals surface area contributed by atoms with E-state index in [0.717, 1.165) is 46.9 Å². The number of nitrogens with one attached hydrogen (secondary N) is 1. The second-order valence-electron chi connectivity index (χ2n) is 6.42. The Kier molecular flexibility index (Phi) is 5.18. The molecule has 0 unspecified atom stereocenters. The molecule has 1 saturated heterocycles. The van der Waals surface area contributed by atoms with Gasteiger partial charge in [-0.05, 0) is 12.1 Å². The van der Waals surface area contributed by atoms with Crippen LogP contribution in [-0.2, 0) is 4.79 Å². The molecule has 3 aromatic rings. The van der Waals surface area contributed by atoms with Crippen molar-refractivity contribution in [3.63, 3.8) is 0 Å². The smallest absolute Gasteiger partial charge is 0.310 e. The summed E-state index contributed by atoms with van der Waals surface area (Å²) in [6.07, 6.45) is 5.87. The molecule has 1 fully saturated rings. The summed E-state index contributed by atoms with van der Waals surface area (Å²) in [5.41, 5.74) is 2.94. The zero-order chi connectivity index (χ0) is 19.0. The summed E-state index contributed by atoms with van der Waals surface area (Å²) >= 11 is 8.93. The number of rotatable bonds is 3. The highest BCUT2D eigenvalue weighted by Gasteiger charge is 2.16. The fourth-order valence-electron chi connectivity index (χ4n) is 3.08. The lowest BCUT2D eigenvalue weighted by atomic mass is 10.1. The molecular formula is C18H17ClIN5O2-. The van der Waals surface area contributed by atoms with Gasteiger partial charge in [0, 0.05) is 43.5 Å². The molecule has 0 amide bonds. The van der Waals surface area contributed by atoms with Crippen LogP contribution >= 0.6 is 11.6 Å². The molecule has 0 atom stereocenters. The molecule has 9 heteroatoms. The van der Waals surface area contributed by atoms with E-state index in [-0.39, 0.29) is 6.01 Å². The normalized spacial score (nSPS) is 15.3. The van der Waals surface area contributed by atoms with Gasteiger partial charge in [-0.1, -0.05) is 24.4 Å². The molecule has 4 rings (SSSR count). The lowest BCUT2D eigenvalue weighted by Crippen LogP contribution is -3.39. The number of H-pyrrole nitrogens is 1. The first-order valence-electron chi connectivity index (χ1n) is 8.59. The number of piperidine rings is 1. The van der Waals surface area contributed by atoms with Crippen LogP contribution in [0.1, 0.15) is 19.8 Å². The lowest BCUT2D eigenvalue weighted by Gasteiger charge is -2.35. The first kappa shape index (κ1) is 18.4. The number of aromatic nitrogens is 4. The number of nitrogens with zero attached hydrogens (tertiary/aromatic N) is 4. The van der Waals surface area contributed by atoms with E-state index in [4.69, 9.17) is 16.3 Å². The Bertz CT molecular complexity index is 983. The molecule has 7 nitrogen and oxygen atoms in total. The molecule has 2 aromatic heterocycles. The summed E-state index contributed by atoms with van der Waals surface area (Å²) in [5.74, 6) is 0.312. The molecule has 0 saturated carbocycles. The highest BCUT2D eigenvalue weighted by Crippen LogP contribution is 2.32. The third kappa shape index (κ3) is 4.01. The number of hydrogen-bond donors (Lipinski definition) is 1. The van der Waals surface area contributed by atoms with Gasteiger partial charge in [-0.25, -0.2) is 9.97 Å². The van der Waals surface area contributed by atoms with Gasteiger partial charge in [0.15, 0.2) is 0 Å². The van der Waals surface area contributed by atoms with Crippen molar-refractivity contribution in [2.75, 3.05) is 18.0 Å². The summed E-state index contributed by atoms with van der Waals surface area (Å²) < 4.78 is 5.73. The zero-order valence-corrected chi connectivity index (χ0v) is 17.5. The number of imidazole rings is 1. The minimum Gasteiger partial charge on any atom is -0.793 e. The van der Waals surface area contributed by atoms with Gasteiger partial charge in [-0.15, -0.1) is 0 Å². The van der Waals surface area contributed by atoms with Crippen molar-refractivity contribution in [1.29, 1.82) is 0 Å². The fraction of sp³-hybridized carbons (Fsp3) is 0.333.